The lowest BCUT2D eigenvalue weighted by molar-refractivity contribution is -0.159. The predicted molar refractivity (Wildman–Crippen MR) is 114 cm³/mol. The third kappa shape index (κ3) is 4.13. The molecule has 178 valence electrons. The number of amides is 1. The summed E-state index contributed by atoms with van der Waals surface area (Å²) in [6.45, 7) is 3.27. The number of carbonyl (C=O) groups excluding carboxylic acids is 1. The molecule has 1 fully saturated rings. The number of hydrogen-bond donors (Lipinski definition) is 0. The molecule has 2 aliphatic rings. The molecule has 10 heteroatoms. The van der Waals surface area contributed by atoms with Crippen LogP contribution in [0, 0.1) is 5.41 Å². The summed E-state index contributed by atoms with van der Waals surface area (Å²) in [5, 5.41) is 3.45. The van der Waals surface area contributed by atoms with Crippen LogP contribution in [0.3, 0.4) is 0 Å². The van der Waals surface area contributed by atoms with E-state index in [-0.39, 0.29) is 30.9 Å². The first-order valence-electron chi connectivity index (χ1n) is 10.9. The molecule has 7 nitrogen and oxygen atoms in total. The van der Waals surface area contributed by atoms with E-state index in [1.165, 1.54) is 0 Å². The Labute approximate surface area is 193 Å². The maximum atomic E-state index is 13.7. The summed E-state index contributed by atoms with van der Waals surface area (Å²) in [5.74, 6) is -1.16. The van der Waals surface area contributed by atoms with Gasteiger partial charge in [0.1, 0.15) is 12.4 Å². The first-order valence-corrected chi connectivity index (χ1v) is 10.9. The van der Waals surface area contributed by atoms with Crippen LogP contribution in [0.5, 0.6) is 5.75 Å². The summed E-state index contributed by atoms with van der Waals surface area (Å²) in [4.78, 5) is 19.0. The SMILES string of the molecule is C[C@@]1(C(=O)N2Cc3ccc(-c4noc(C(F)(F)F)n4)cc3OC[C@H]2c2ccccc2)CCOC1. The quantitative estimate of drug-likeness (QED) is 0.552. The maximum Gasteiger partial charge on any atom is 0.471 e. The molecule has 2 atom stereocenters. The van der Waals surface area contributed by atoms with Gasteiger partial charge in [-0.1, -0.05) is 47.6 Å². The molecule has 2 aliphatic heterocycles. The van der Waals surface area contributed by atoms with E-state index in [2.05, 4.69) is 14.7 Å². The van der Waals surface area contributed by atoms with Gasteiger partial charge in [-0.2, -0.15) is 18.2 Å². The fourth-order valence-electron chi connectivity index (χ4n) is 4.31. The zero-order valence-electron chi connectivity index (χ0n) is 18.3. The summed E-state index contributed by atoms with van der Waals surface area (Å²) >= 11 is 0. The molecule has 0 N–H and O–H groups in total. The van der Waals surface area contributed by atoms with Crippen LogP contribution < -0.4 is 4.74 Å². The minimum Gasteiger partial charge on any atom is -0.491 e. The van der Waals surface area contributed by atoms with Crippen molar-refractivity contribution in [2.75, 3.05) is 19.8 Å². The predicted octanol–water partition coefficient (Wildman–Crippen LogP) is 4.64. The number of rotatable bonds is 3. The standard InChI is InChI=1S/C24H22F3N3O4/c1-23(9-10-32-14-23)22(31)30-12-17-8-7-16(20-28-21(34-29-20)24(25,26)27)11-19(17)33-13-18(30)15-5-3-2-4-6-15/h2-8,11,18H,9-10,12-14H2,1H3/t18-,23+/m0/s1. The van der Waals surface area contributed by atoms with Crippen molar-refractivity contribution in [3.63, 3.8) is 0 Å². The highest BCUT2D eigenvalue weighted by molar-refractivity contribution is 5.83. The summed E-state index contributed by atoms with van der Waals surface area (Å²) < 4.78 is 54.5. The highest BCUT2D eigenvalue weighted by Gasteiger charge is 2.43. The Morgan fingerprint density at radius 3 is 2.65 bits per heavy atom. The van der Waals surface area contributed by atoms with Crippen molar-refractivity contribution in [3.8, 4) is 17.1 Å². The average molecular weight is 473 g/mol. The van der Waals surface area contributed by atoms with Crippen molar-refractivity contribution in [3.05, 3.63) is 65.5 Å². The van der Waals surface area contributed by atoms with Gasteiger partial charge in [0.2, 0.25) is 11.7 Å². The molecular weight excluding hydrogens is 451 g/mol. The lowest BCUT2D eigenvalue weighted by Crippen LogP contribution is -2.45. The molecule has 0 unspecified atom stereocenters. The number of alkyl halides is 3. The van der Waals surface area contributed by atoms with Crippen LogP contribution in [0.1, 0.15) is 36.4 Å². The summed E-state index contributed by atoms with van der Waals surface area (Å²) in [6, 6.07) is 14.2. The number of hydrogen-bond acceptors (Lipinski definition) is 6. The second-order valence-electron chi connectivity index (χ2n) is 8.78. The number of aromatic nitrogens is 2. The van der Waals surface area contributed by atoms with E-state index in [0.29, 0.717) is 30.9 Å². The molecule has 0 bridgehead atoms. The third-order valence-electron chi connectivity index (χ3n) is 6.29. The van der Waals surface area contributed by atoms with Gasteiger partial charge in [0, 0.05) is 17.7 Å². The van der Waals surface area contributed by atoms with Gasteiger partial charge in [-0.3, -0.25) is 4.79 Å². The molecule has 1 amide bonds. The Bertz CT molecular complexity index is 1190. The lowest BCUT2D eigenvalue weighted by atomic mass is 9.87. The molecule has 1 saturated heterocycles. The first-order chi connectivity index (χ1) is 16.2. The van der Waals surface area contributed by atoms with E-state index < -0.39 is 17.5 Å². The number of ether oxygens (including phenoxy) is 2. The van der Waals surface area contributed by atoms with E-state index in [1.807, 2.05) is 42.2 Å². The first kappa shape index (κ1) is 22.4. The molecule has 1 aromatic heterocycles. The van der Waals surface area contributed by atoms with Gasteiger partial charge in [-0.25, -0.2) is 0 Å². The van der Waals surface area contributed by atoms with Crippen LogP contribution in [0.2, 0.25) is 0 Å². The van der Waals surface area contributed by atoms with Crippen molar-refractivity contribution in [2.45, 2.75) is 32.1 Å². The number of nitrogens with zero attached hydrogens (tertiary/aromatic N) is 3. The second-order valence-corrected chi connectivity index (χ2v) is 8.78. The van der Waals surface area contributed by atoms with Gasteiger partial charge in [-0.15, -0.1) is 0 Å². The van der Waals surface area contributed by atoms with Gasteiger partial charge in [0.25, 0.3) is 0 Å². The zero-order chi connectivity index (χ0) is 23.9. The summed E-state index contributed by atoms with van der Waals surface area (Å²) in [6.07, 6.45) is -4.09. The number of fused-ring (bicyclic) bond motifs is 1. The molecule has 34 heavy (non-hydrogen) atoms. The number of carbonyl (C=O) groups is 1. The van der Waals surface area contributed by atoms with Crippen LogP contribution >= 0.6 is 0 Å². The number of benzene rings is 2. The minimum absolute atomic E-state index is 0.0210. The van der Waals surface area contributed by atoms with Crippen LogP contribution in [-0.2, 0) is 22.3 Å². The molecule has 3 aromatic rings. The molecule has 0 aliphatic carbocycles. The minimum atomic E-state index is -4.72. The third-order valence-corrected chi connectivity index (χ3v) is 6.29. The molecule has 0 saturated carbocycles. The second kappa shape index (κ2) is 8.43. The lowest BCUT2D eigenvalue weighted by Gasteiger charge is -2.35. The largest absolute Gasteiger partial charge is 0.491 e. The maximum absolute atomic E-state index is 13.7. The van der Waals surface area contributed by atoms with E-state index in [1.54, 1.807) is 18.2 Å². The van der Waals surface area contributed by atoms with Crippen molar-refractivity contribution in [1.82, 2.24) is 15.0 Å². The Morgan fingerprint density at radius 1 is 1.18 bits per heavy atom. The summed E-state index contributed by atoms with van der Waals surface area (Å²) in [5.41, 5.74) is 1.36. The van der Waals surface area contributed by atoms with Crippen molar-refractivity contribution < 1.29 is 32.0 Å². The zero-order valence-corrected chi connectivity index (χ0v) is 18.3. The number of halogens is 3. The molecular formula is C24H22F3N3O4. The van der Waals surface area contributed by atoms with Crippen molar-refractivity contribution in [1.29, 1.82) is 0 Å². The van der Waals surface area contributed by atoms with E-state index >= 15 is 0 Å². The Hall–Kier alpha value is -3.40. The Morgan fingerprint density at radius 2 is 1.97 bits per heavy atom. The molecule has 0 spiro atoms. The molecule has 2 aromatic carbocycles. The van der Waals surface area contributed by atoms with Crippen LogP contribution in [0.15, 0.2) is 53.1 Å². The normalized spacial score (nSPS) is 22.7. The topological polar surface area (TPSA) is 77.7 Å². The van der Waals surface area contributed by atoms with Crippen LogP contribution in [-0.4, -0.2) is 40.8 Å². The van der Waals surface area contributed by atoms with Gasteiger partial charge in [0.15, 0.2) is 0 Å². The van der Waals surface area contributed by atoms with E-state index in [0.717, 1.165) is 11.1 Å². The molecule has 5 rings (SSSR count). The van der Waals surface area contributed by atoms with Crippen LogP contribution in [0.25, 0.3) is 11.4 Å². The fraction of sp³-hybridized carbons (Fsp3) is 0.375. The van der Waals surface area contributed by atoms with Gasteiger partial charge < -0.3 is 18.9 Å². The van der Waals surface area contributed by atoms with Gasteiger partial charge in [-0.05, 0) is 25.0 Å². The molecule has 3 heterocycles. The summed E-state index contributed by atoms with van der Waals surface area (Å²) in [7, 11) is 0. The highest BCUT2D eigenvalue weighted by Crippen LogP contribution is 2.39. The monoisotopic (exact) mass is 473 g/mol. The van der Waals surface area contributed by atoms with Gasteiger partial charge >= 0.3 is 12.1 Å². The van der Waals surface area contributed by atoms with Crippen molar-refractivity contribution in [2.24, 2.45) is 5.41 Å². The Balaban J connectivity index is 1.49. The van der Waals surface area contributed by atoms with Crippen LogP contribution in [0.4, 0.5) is 13.2 Å². The fourth-order valence-corrected chi connectivity index (χ4v) is 4.31. The average Bonchev–Trinajstić information content (AvgIpc) is 3.45. The van der Waals surface area contributed by atoms with Crippen molar-refractivity contribution >= 4 is 5.91 Å². The Kier molecular flexibility index (Phi) is 5.55. The smallest absolute Gasteiger partial charge is 0.471 e. The highest BCUT2D eigenvalue weighted by atomic mass is 19.4. The molecule has 0 radical (unpaired) electrons. The van der Waals surface area contributed by atoms with E-state index in [4.69, 9.17) is 9.47 Å². The van der Waals surface area contributed by atoms with E-state index in [9.17, 15) is 18.0 Å². The van der Waals surface area contributed by atoms with Gasteiger partial charge in [0.05, 0.1) is 24.6 Å².